The molecule has 1 aromatic rings. The second-order valence-corrected chi connectivity index (χ2v) is 6.34. The lowest BCUT2D eigenvalue weighted by atomic mass is 9.90. The standard InChI is InChI=1S/C15H17F4NO2/c1-15(2,3)22-14(21)20-6-8(7-20)12(18)10-4-9(16)5-11(17)13(10)19/h4-5,8,12H,6-7H2,1-3H3. The molecule has 3 nitrogen and oxygen atoms in total. The minimum atomic E-state index is -1.89. The average molecular weight is 319 g/mol. The van der Waals surface area contributed by atoms with E-state index < -0.39 is 46.8 Å². The molecule has 1 amide bonds. The number of alkyl halides is 1. The fourth-order valence-corrected chi connectivity index (χ4v) is 2.20. The van der Waals surface area contributed by atoms with E-state index in [1.54, 1.807) is 20.8 Å². The van der Waals surface area contributed by atoms with Crippen LogP contribution in [0.15, 0.2) is 12.1 Å². The first-order chi connectivity index (χ1) is 10.1. The van der Waals surface area contributed by atoms with Crippen LogP contribution in [0.1, 0.15) is 32.5 Å². The monoisotopic (exact) mass is 319 g/mol. The van der Waals surface area contributed by atoms with Gasteiger partial charge in [0.05, 0.1) is 0 Å². The highest BCUT2D eigenvalue weighted by atomic mass is 19.2. The summed E-state index contributed by atoms with van der Waals surface area (Å²) in [4.78, 5) is 13.0. The van der Waals surface area contributed by atoms with Gasteiger partial charge in [-0.05, 0) is 26.8 Å². The van der Waals surface area contributed by atoms with Crippen LogP contribution in [-0.4, -0.2) is 29.7 Å². The molecule has 1 aliphatic heterocycles. The van der Waals surface area contributed by atoms with E-state index >= 15 is 0 Å². The first-order valence-corrected chi connectivity index (χ1v) is 6.85. The van der Waals surface area contributed by atoms with Gasteiger partial charge in [-0.2, -0.15) is 0 Å². The molecule has 1 heterocycles. The van der Waals surface area contributed by atoms with E-state index in [0.717, 1.165) is 0 Å². The number of benzene rings is 1. The van der Waals surface area contributed by atoms with Crippen LogP contribution in [0, 0.1) is 23.4 Å². The number of carbonyl (C=O) groups is 1. The van der Waals surface area contributed by atoms with Gasteiger partial charge in [0.1, 0.15) is 17.6 Å². The molecule has 22 heavy (non-hydrogen) atoms. The van der Waals surface area contributed by atoms with Crippen molar-refractivity contribution in [1.29, 1.82) is 0 Å². The summed E-state index contributed by atoms with van der Waals surface area (Å²) in [6.45, 7) is 5.11. The Morgan fingerprint density at radius 1 is 1.27 bits per heavy atom. The molecule has 1 unspecified atom stereocenters. The van der Waals surface area contributed by atoms with Gasteiger partial charge in [-0.15, -0.1) is 0 Å². The van der Waals surface area contributed by atoms with Crippen LogP contribution in [-0.2, 0) is 4.74 Å². The molecular weight excluding hydrogens is 302 g/mol. The predicted octanol–water partition coefficient (Wildman–Crippen LogP) is 3.98. The van der Waals surface area contributed by atoms with Crippen molar-refractivity contribution in [2.24, 2.45) is 5.92 Å². The lowest BCUT2D eigenvalue weighted by Gasteiger charge is -2.41. The highest BCUT2D eigenvalue weighted by molar-refractivity contribution is 5.69. The largest absolute Gasteiger partial charge is 0.444 e. The maximum Gasteiger partial charge on any atom is 0.410 e. The molecule has 0 aliphatic carbocycles. The molecule has 122 valence electrons. The molecule has 0 saturated carbocycles. The molecule has 1 atom stereocenters. The van der Waals surface area contributed by atoms with Crippen molar-refractivity contribution in [3.8, 4) is 0 Å². The number of likely N-dealkylation sites (tertiary alicyclic amines) is 1. The maximum absolute atomic E-state index is 14.2. The summed E-state index contributed by atoms with van der Waals surface area (Å²) in [5.41, 5.74) is -1.33. The van der Waals surface area contributed by atoms with Crippen molar-refractivity contribution in [2.75, 3.05) is 13.1 Å². The Bertz CT molecular complexity index is 580. The Labute approximate surface area is 125 Å². The lowest BCUT2D eigenvalue weighted by Crippen LogP contribution is -2.53. The van der Waals surface area contributed by atoms with Crippen LogP contribution in [0.5, 0.6) is 0 Å². The van der Waals surface area contributed by atoms with Crippen molar-refractivity contribution in [3.63, 3.8) is 0 Å². The number of carbonyl (C=O) groups excluding carboxylic acids is 1. The van der Waals surface area contributed by atoms with Gasteiger partial charge >= 0.3 is 6.09 Å². The van der Waals surface area contributed by atoms with Crippen molar-refractivity contribution in [2.45, 2.75) is 32.5 Å². The van der Waals surface area contributed by atoms with Crippen LogP contribution in [0.2, 0.25) is 0 Å². The first kappa shape index (κ1) is 16.6. The summed E-state index contributed by atoms with van der Waals surface area (Å²) >= 11 is 0. The Morgan fingerprint density at radius 3 is 2.41 bits per heavy atom. The topological polar surface area (TPSA) is 29.5 Å². The molecule has 1 fully saturated rings. The second kappa shape index (κ2) is 5.78. The van der Waals surface area contributed by atoms with Crippen molar-refractivity contribution in [1.82, 2.24) is 4.90 Å². The predicted molar refractivity (Wildman–Crippen MR) is 71.5 cm³/mol. The zero-order valence-corrected chi connectivity index (χ0v) is 12.5. The zero-order chi connectivity index (χ0) is 16.7. The average Bonchev–Trinajstić information content (AvgIpc) is 2.29. The number of ether oxygens (including phenoxy) is 1. The van der Waals surface area contributed by atoms with Crippen molar-refractivity contribution >= 4 is 6.09 Å². The van der Waals surface area contributed by atoms with E-state index in [-0.39, 0.29) is 13.1 Å². The molecule has 7 heteroatoms. The summed E-state index contributed by atoms with van der Waals surface area (Å²) in [7, 11) is 0. The summed E-state index contributed by atoms with van der Waals surface area (Å²) < 4.78 is 59.1. The molecule has 1 saturated heterocycles. The van der Waals surface area contributed by atoms with E-state index in [9.17, 15) is 22.4 Å². The lowest BCUT2D eigenvalue weighted by molar-refractivity contribution is -0.0159. The van der Waals surface area contributed by atoms with Gasteiger partial charge in [-0.25, -0.2) is 22.4 Å². The molecule has 2 rings (SSSR count). The Hall–Kier alpha value is -1.79. The fraction of sp³-hybridized carbons (Fsp3) is 0.533. The van der Waals surface area contributed by atoms with Crippen LogP contribution >= 0.6 is 0 Å². The molecule has 0 radical (unpaired) electrons. The number of hydrogen-bond acceptors (Lipinski definition) is 2. The fourth-order valence-electron chi connectivity index (χ4n) is 2.20. The van der Waals surface area contributed by atoms with Gasteiger partial charge in [0.15, 0.2) is 11.6 Å². The van der Waals surface area contributed by atoms with E-state index in [1.165, 1.54) is 4.90 Å². The van der Waals surface area contributed by atoms with Crippen LogP contribution in [0.25, 0.3) is 0 Å². The maximum atomic E-state index is 14.2. The van der Waals surface area contributed by atoms with Gasteiger partial charge in [-0.1, -0.05) is 0 Å². The highest BCUT2D eigenvalue weighted by Gasteiger charge is 2.40. The van der Waals surface area contributed by atoms with E-state index in [0.29, 0.717) is 12.1 Å². The number of amides is 1. The third-order valence-electron chi connectivity index (χ3n) is 3.29. The third-order valence-corrected chi connectivity index (χ3v) is 3.29. The summed E-state index contributed by atoms with van der Waals surface area (Å²) in [5, 5.41) is 0. The summed E-state index contributed by atoms with van der Waals surface area (Å²) in [5.74, 6) is -4.59. The highest BCUT2D eigenvalue weighted by Crippen LogP contribution is 2.36. The minimum Gasteiger partial charge on any atom is -0.444 e. The van der Waals surface area contributed by atoms with Gasteiger partial charge in [0.2, 0.25) is 0 Å². The minimum absolute atomic E-state index is 0.00759. The van der Waals surface area contributed by atoms with E-state index in [2.05, 4.69) is 0 Å². The molecule has 1 aromatic carbocycles. The van der Waals surface area contributed by atoms with Crippen molar-refractivity contribution in [3.05, 3.63) is 35.1 Å². The van der Waals surface area contributed by atoms with Crippen LogP contribution in [0.4, 0.5) is 22.4 Å². The van der Waals surface area contributed by atoms with Gasteiger partial charge in [0.25, 0.3) is 0 Å². The molecule has 0 spiro atoms. The number of nitrogens with zero attached hydrogens (tertiary/aromatic N) is 1. The van der Waals surface area contributed by atoms with Crippen molar-refractivity contribution < 1.29 is 27.1 Å². The Balaban J connectivity index is 2.00. The Kier molecular flexibility index (Phi) is 4.35. The first-order valence-electron chi connectivity index (χ1n) is 6.85. The molecule has 0 aromatic heterocycles. The number of rotatable bonds is 2. The molecule has 0 bridgehead atoms. The van der Waals surface area contributed by atoms with E-state index in [1.807, 2.05) is 0 Å². The molecule has 0 N–H and O–H groups in total. The summed E-state index contributed by atoms with van der Waals surface area (Å²) in [6.07, 6.45) is -2.48. The SMILES string of the molecule is CC(C)(C)OC(=O)N1CC(C(F)c2cc(F)cc(F)c2F)C1. The second-order valence-electron chi connectivity index (χ2n) is 6.34. The normalized spacial score (nSPS) is 17.1. The third kappa shape index (κ3) is 3.51. The zero-order valence-electron chi connectivity index (χ0n) is 12.5. The smallest absolute Gasteiger partial charge is 0.410 e. The number of hydrogen-bond donors (Lipinski definition) is 0. The van der Waals surface area contributed by atoms with Crippen LogP contribution in [0.3, 0.4) is 0 Å². The van der Waals surface area contributed by atoms with Gasteiger partial charge in [0, 0.05) is 30.6 Å². The van der Waals surface area contributed by atoms with Crippen LogP contribution < -0.4 is 0 Å². The van der Waals surface area contributed by atoms with E-state index in [4.69, 9.17) is 4.74 Å². The van der Waals surface area contributed by atoms with Gasteiger partial charge in [-0.3, -0.25) is 0 Å². The molecule has 1 aliphatic rings. The molecular formula is C15H17F4NO2. The number of halogens is 4. The Morgan fingerprint density at radius 2 is 1.86 bits per heavy atom. The quantitative estimate of drug-likeness (QED) is 0.609. The van der Waals surface area contributed by atoms with Gasteiger partial charge < -0.3 is 9.64 Å². The summed E-state index contributed by atoms with van der Waals surface area (Å²) in [6, 6.07) is 0.999.